The Bertz CT molecular complexity index is 657. The van der Waals surface area contributed by atoms with Crippen LogP contribution in [0.2, 0.25) is 0 Å². The summed E-state index contributed by atoms with van der Waals surface area (Å²) in [6.07, 6.45) is 13.4. The van der Waals surface area contributed by atoms with Gasteiger partial charge in [0.05, 0.1) is 0 Å². The lowest BCUT2D eigenvalue weighted by Gasteiger charge is -2.63. The zero-order chi connectivity index (χ0) is 20.2. The van der Waals surface area contributed by atoms with Gasteiger partial charge in [0, 0.05) is 12.1 Å². The maximum atomic E-state index is 3.70. The fourth-order valence-electron chi connectivity index (χ4n) is 10.9. The molecule has 5 saturated carbocycles. The van der Waals surface area contributed by atoms with E-state index in [1.54, 1.807) is 6.42 Å². The highest BCUT2D eigenvalue weighted by atomic mass is 14.9. The standard InChI is InChI=1S/C26H46N2/c1-17(27-6)18-10-12-24(5)20-9-8-19-22(2,3)21(28-7)11-13-25(19)16-26(20,25)15-14-23(18,24)4/h17-21,27-28H,8-16H2,1-7H3/t17-,18+,19-,20-,21-,23+,24?,25+,26-/m0/s1. The van der Waals surface area contributed by atoms with E-state index in [1.165, 1.54) is 51.4 Å². The summed E-state index contributed by atoms with van der Waals surface area (Å²) in [5.74, 6) is 2.80. The Labute approximate surface area is 174 Å². The third kappa shape index (κ3) is 1.99. The van der Waals surface area contributed by atoms with E-state index in [9.17, 15) is 0 Å². The van der Waals surface area contributed by atoms with Crippen LogP contribution < -0.4 is 10.6 Å². The second kappa shape index (κ2) is 5.78. The van der Waals surface area contributed by atoms with Crippen LogP contribution in [-0.2, 0) is 0 Å². The molecule has 5 aliphatic carbocycles. The summed E-state index contributed by atoms with van der Waals surface area (Å²) in [6.45, 7) is 13.1. The van der Waals surface area contributed by atoms with E-state index < -0.39 is 0 Å². The topological polar surface area (TPSA) is 24.1 Å². The molecule has 0 bridgehead atoms. The summed E-state index contributed by atoms with van der Waals surface area (Å²) >= 11 is 0. The van der Waals surface area contributed by atoms with Crippen LogP contribution in [0.15, 0.2) is 0 Å². The van der Waals surface area contributed by atoms with Gasteiger partial charge in [0.1, 0.15) is 0 Å². The van der Waals surface area contributed by atoms with Gasteiger partial charge < -0.3 is 10.6 Å². The summed E-state index contributed by atoms with van der Waals surface area (Å²) in [5.41, 5.74) is 2.98. The first-order valence-electron chi connectivity index (χ1n) is 12.5. The van der Waals surface area contributed by atoms with Gasteiger partial charge in [0.25, 0.3) is 0 Å². The van der Waals surface area contributed by atoms with Crippen molar-refractivity contribution in [2.45, 2.75) is 104 Å². The molecule has 2 N–H and O–H groups in total. The predicted molar refractivity (Wildman–Crippen MR) is 118 cm³/mol. The summed E-state index contributed by atoms with van der Waals surface area (Å²) in [4.78, 5) is 0. The largest absolute Gasteiger partial charge is 0.317 e. The molecule has 2 spiro atoms. The molecule has 2 heteroatoms. The Balaban J connectivity index is 1.50. The summed E-state index contributed by atoms with van der Waals surface area (Å²) in [5, 5.41) is 7.33. The molecular formula is C26H46N2. The van der Waals surface area contributed by atoms with Crippen LogP contribution in [0, 0.1) is 44.8 Å². The van der Waals surface area contributed by atoms with Gasteiger partial charge in [-0.1, -0.05) is 27.7 Å². The lowest BCUT2D eigenvalue weighted by atomic mass is 9.42. The average molecular weight is 387 g/mol. The van der Waals surface area contributed by atoms with Crippen molar-refractivity contribution in [2.24, 2.45) is 44.8 Å². The molecular weight excluding hydrogens is 340 g/mol. The van der Waals surface area contributed by atoms with E-state index in [2.05, 4.69) is 59.3 Å². The molecule has 1 unspecified atom stereocenters. The van der Waals surface area contributed by atoms with E-state index in [4.69, 9.17) is 0 Å². The normalized spacial score (nSPS) is 57.5. The van der Waals surface area contributed by atoms with Crippen molar-refractivity contribution in [3.63, 3.8) is 0 Å². The molecule has 160 valence electrons. The lowest BCUT2D eigenvalue weighted by molar-refractivity contribution is -0.143. The number of rotatable bonds is 3. The molecule has 5 aliphatic rings. The number of fused-ring (bicyclic) bond motifs is 2. The molecule has 0 aromatic heterocycles. The summed E-state index contributed by atoms with van der Waals surface area (Å²) in [6, 6.07) is 1.38. The number of nitrogens with one attached hydrogen (secondary N) is 2. The van der Waals surface area contributed by atoms with Crippen molar-refractivity contribution in [1.82, 2.24) is 10.6 Å². The first-order chi connectivity index (χ1) is 13.1. The van der Waals surface area contributed by atoms with Gasteiger partial charge in [-0.15, -0.1) is 0 Å². The summed E-state index contributed by atoms with van der Waals surface area (Å²) < 4.78 is 0. The zero-order valence-electron chi connectivity index (χ0n) is 19.8. The SMILES string of the molecule is CN[C@@H](C)[C@H]1CCC2(C)[C@@H]3CC[C@H]4C(C)(C)[C@@H](NC)CC[C@@]45C[C@@]35CC[C@]12C. The van der Waals surface area contributed by atoms with Crippen LogP contribution in [0.3, 0.4) is 0 Å². The Morgan fingerprint density at radius 3 is 2.11 bits per heavy atom. The van der Waals surface area contributed by atoms with Crippen LogP contribution in [0.4, 0.5) is 0 Å². The lowest BCUT2D eigenvalue weighted by Crippen LogP contribution is -2.59. The fraction of sp³-hybridized carbons (Fsp3) is 1.00. The minimum atomic E-state index is 0.460. The first kappa shape index (κ1) is 19.9. The molecule has 0 saturated heterocycles. The molecule has 0 radical (unpaired) electrons. The second-order valence-corrected chi connectivity index (χ2v) is 12.9. The van der Waals surface area contributed by atoms with Crippen molar-refractivity contribution >= 4 is 0 Å². The Morgan fingerprint density at radius 2 is 1.43 bits per heavy atom. The minimum Gasteiger partial charge on any atom is -0.317 e. The van der Waals surface area contributed by atoms with Gasteiger partial charge in [-0.2, -0.15) is 0 Å². The van der Waals surface area contributed by atoms with Crippen molar-refractivity contribution < 1.29 is 0 Å². The molecule has 9 atom stereocenters. The molecule has 2 nitrogen and oxygen atoms in total. The Morgan fingerprint density at radius 1 is 0.750 bits per heavy atom. The monoisotopic (exact) mass is 386 g/mol. The molecule has 0 aromatic rings. The minimum absolute atomic E-state index is 0.460. The van der Waals surface area contributed by atoms with Crippen molar-refractivity contribution in [3.8, 4) is 0 Å². The maximum absolute atomic E-state index is 3.70. The molecule has 0 heterocycles. The molecule has 0 aliphatic heterocycles. The highest BCUT2D eigenvalue weighted by Gasteiger charge is 2.82. The van der Waals surface area contributed by atoms with Crippen LogP contribution >= 0.6 is 0 Å². The smallest absolute Gasteiger partial charge is 0.0118 e. The third-order valence-electron chi connectivity index (χ3n) is 12.6. The van der Waals surface area contributed by atoms with Gasteiger partial charge in [0.2, 0.25) is 0 Å². The molecule has 0 amide bonds. The van der Waals surface area contributed by atoms with Crippen molar-refractivity contribution in [3.05, 3.63) is 0 Å². The fourth-order valence-corrected chi connectivity index (χ4v) is 10.9. The highest BCUT2D eigenvalue weighted by Crippen LogP contribution is 2.88. The van der Waals surface area contributed by atoms with Crippen LogP contribution in [0.5, 0.6) is 0 Å². The predicted octanol–water partition coefficient (Wildman–Crippen LogP) is 5.62. The molecule has 0 aromatic carbocycles. The van der Waals surface area contributed by atoms with Crippen LogP contribution in [0.25, 0.3) is 0 Å². The van der Waals surface area contributed by atoms with E-state index in [0.717, 1.165) is 17.8 Å². The van der Waals surface area contributed by atoms with E-state index in [1.807, 2.05) is 0 Å². The number of hydrogen-bond donors (Lipinski definition) is 2. The highest BCUT2D eigenvalue weighted by molar-refractivity contribution is 5.31. The van der Waals surface area contributed by atoms with Gasteiger partial charge in [-0.05, 0) is 124 Å². The zero-order valence-corrected chi connectivity index (χ0v) is 19.8. The second-order valence-electron chi connectivity index (χ2n) is 12.9. The van der Waals surface area contributed by atoms with E-state index in [-0.39, 0.29) is 0 Å². The summed E-state index contributed by atoms with van der Waals surface area (Å²) in [7, 11) is 4.38. The van der Waals surface area contributed by atoms with E-state index in [0.29, 0.717) is 39.2 Å². The average Bonchev–Trinajstić information content (AvgIpc) is 3.24. The molecule has 5 fully saturated rings. The van der Waals surface area contributed by atoms with Gasteiger partial charge >= 0.3 is 0 Å². The Kier molecular flexibility index (Phi) is 4.10. The van der Waals surface area contributed by atoms with Gasteiger partial charge in [-0.3, -0.25) is 0 Å². The third-order valence-corrected chi connectivity index (χ3v) is 12.6. The molecule has 5 rings (SSSR count). The van der Waals surface area contributed by atoms with Crippen LogP contribution in [0.1, 0.15) is 92.4 Å². The van der Waals surface area contributed by atoms with Crippen LogP contribution in [-0.4, -0.2) is 26.2 Å². The van der Waals surface area contributed by atoms with Crippen molar-refractivity contribution in [1.29, 1.82) is 0 Å². The quantitative estimate of drug-likeness (QED) is 0.657. The van der Waals surface area contributed by atoms with Gasteiger partial charge in [0.15, 0.2) is 0 Å². The molecule has 28 heavy (non-hydrogen) atoms. The maximum Gasteiger partial charge on any atom is 0.0118 e. The van der Waals surface area contributed by atoms with Gasteiger partial charge in [-0.25, -0.2) is 0 Å². The van der Waals surface area contributed by atoms with Crippen molar-refractivity contribution in [2.75, 3.05) is 14.1 Å². The number of hydrogen-bond acceptors (Lipinski definition) is 2. The first-order valence-corrected chi connectivity index (χ1v) is 12.5. The Hall–Kier alpha value is -0.0800. The van der Waals surface area contributed by atoms with E-state index >= 15 is 0 Å².